The van der Waals surface area contributed by atoms with Crippen LogP contribution in [0.4, 0.5) is 4.39 Å². The van der Waals surface area contributed by atoms with E-state index in [0.29, 0.717) is 5.56 Å². The molecule has 0 unspecified atom stereocenters. The van der Waals surface area contributed by atoms with Crippen LogP contribution in [0.1, 0.15) is 26.2 Å². The molecular weight excluding hydrogens is 263 g/mol. The fraction of sp³-hybridized carbons (Fsp3) is 0.278. The lowest BCUT2D eigenvalue weighted by Gasteiger charge is -2.09. The fourth-order valence-corrected chi connectivity index (χ4v) is 2.67. The average Bonchev–Trinajstić information content (AvgIpc) is 2.87. The van der Waals surface area contributed by atoms with Crippen LogP contribution in [0.3, 0.4) is 0 Å². The van der Waals surface area contributed by atoms with Gasteiger partial charge in [-0.25, -0.2) is 9.37 Å². The molecule has 0 bridgehead atoms. The normalized spacial score (nSPS) is 11.1. The molecule has 0 atom stereocenters. The molecule has 21 heavy (non-hydrogen) atoms. The SMILES string of the molecule is CCCCCn1c(-c2ccccc2F)nc2ccccc21. The largest absolute Gasteiger partial charge is 0.324 e. The van der Waals surface area contributed by atoms with Gasteiger partial charge in [-0.05, 0) is 30.7 Å². The van der Waals surface area contributed by atoms with Crippen LogP contribution in [0.15, 0.2) is 48.5 Å². The molecule has 0 aliphatic heterocycles. The third-order valence-corrected chi connectivity index (χ3v) is 3.75. The molecule has 2 nitrogen and oxygen atoms in total. The predicted molar refractivity (Wildman–Crippen MR) is 84.7 cm³/mol. The molecule has 0 aliphatic carbocycles. The van der Waals surface area contributed by atoms with Gasteiger partial charge in [-0.3, -0.25) is 0 Å². The molecule has 1 aromatic heterocycles. The molecule has 0 aliphatic rings. The number of benzene rings is 2. The summed E-state index contributed by atoms with van der Waals surface area (Å²) in [5.74, 6) is 0.509. The molecule has 0 saturated heterocycles. The highest BCUT2D eigenvalue weighted by Gasteiger charge is 2.14. The van der Waals surface area contributed by atoms with Gasteiger partial charge in [0.25, 0.3) is 0 Å². The fourth-order valence-electron chi connectivity index (χ4n) is 2.67. The standard InChI is InChI=1S/C18H19FN2/c1-2-3-8-13-21-17-12-7-6-11-16(17)20-18(21)14-9-4-5-10-15(14)19/h4-7,9-12H,2-3,8,13H2,1H3. The first-order valence-corrected chi connectivity index (χ1v) is 7.51. The number of imidazole rings is 1. The second-order valence-corrected chi connectivity index (χ2v) is 5.26. The smallest absolute Gasteiger partial charge is 0.144 e. The Morgan fingerprint density at radius 2 is 1.76 bits per heavy atom. The van der Waals surface area contributed by atoms with E-state index >= 15 is 0 Å². The number of rotatable bonds is 5. The van der Waals surface area contributed by atoms with Crippen molar-refractivity contribution in [3.05, 3.63) is 54.3 Å². The van der Waals surface area contributed by atoms with Gasteiger partial charge < -0.3 is 4.57 Å². The van der Waals surface area contributed by atoms with Gasteiger partial charge in [0, 0.05) is 6.54 Å². The number of halogens is 1. The summed E-state index contributed by atoms with van der Waals surface area (Å²) in [5, 5.41) is 0. The van der Waals surface area contributed by atoms with E-state index < -0.39 is 0 Å². The Labute approximate surface area is 124 Å². The van der Waals surface area contributed by atoms with Crippen molar-refractivity contribution >= 4 is 11.0 Å². The number of para-hydroxylation sites is 2. The Kier molecular flexibility index (Phi) is 4.00. The van der Waals surface area contributed by atoms with Crippen LogP contribution in [-0.2, 0) is 6.54 Å². The molecule has 0 radical (unpaired) electrons. The second kappa shape index (κ2) is 6.08. The molecule has 3 rings (SSSR count). The van der Waals surface area contributed by atoms with Crippen molar-refractivity contribution in [2.24, 2.45) is 0 Å². The number of nitrogens with zero attached hydrogens (tertiary/aromatic N) is 2. The molecule has 3 heteroatoms. The Morgan fingerprint density at radius 1 is 1.00 bits per heavy atom. The molecule has 0 spiro atoms. The predicted octanol–water partition coefficient (Wildman–Crippen LogP) is 5.03. The average molecular weight is 282 g/mol. The van der Waals surface area contributed by atoms with E-state index in [1.807, 2.05) is 24.3 Å². The van der Waals surface area contributed by atoms with Crippen molar-refractivity contribution in [2.75, 3.05) is 0 Å². The van der Waals surface area contributed by atoms with Crippen LogP contribution in [0.5, 0.6) is 0 Å². The van der Waals surface area contributed by atoms with Crippen molar-refractivity contribution in [2.45, 2.75) is 32.7 Å². The molecule has 3 aromatic rings. The first-order chi connectivity index (χ1) is 10.3. The molecule has 0 N–H and O–H groups in total. The van der Waals surface area contributed by atoms with Crippen molar-refractivity contribution < 1.29 is 4.39 Å². The van der Waals surface area contributed by atoms with Gasteiger partial charge >= 0.3 is 0 Å². The molecule has 108 valence electrons. The van der Waals surface area contributed by atoms with Crippen molar-refractivity contribution in [3.8, 4) is 11.4 Å². The maximum atomic E-state index is 14.1. The highest BCUT2D eigenvalue weighted by molar-refractivity contribution is 5.80. The van der Waals surface area contributed by atoms with Crippen LogP contribution >= 0.6 is 0 Å². The zero-order valence-corrected chi connectivity index (χ0v) is 12.2. The second-order valence-electron chi connectivity index (χ2n) is 5.26. The maximum absolute atomic E-state index is 14.1. The van der Waals surface area contributed by atoms with Gasteiger partial charge in [-0.2, -0.15) is 0 Å². The Bertz CT molecular complexity index is 746. The third-order valence-electron chi connectivity index (χ3n) is 3.75. The van der Waals surface area contributed by atoms with Gasteiger partial charge in [-0.15, -0.1) is 0 Å². The summed E-state index contributed by atoms with van der Waals surface area (Å²) in [6, 6.07) is 14.9. The van der Waals surface area contributed by atoms with Crippen LogP contribution < -0.4 is 0 Å². The van der Waals surface area contributed by atoms with Gasteiger partial charge in [-0.1, -0.05) is 44.0 Å². The maximum Gasteiger partial charge on any atom is 0.144 e. The summed E-state index contributed by atoms with van der Waals surface area (Å²) < 4.78 is 16.3. The van der Waals surface area contributed by atoms with Gasteiger partial charge in [0.05, 0.1) is 16.6 Å². The monoisotopic (exact) mass is 282 g/mol. The van der Waals surface area contributed by atoms with Crippen molar-refractivity contribution in [1.82, 2.24) is 9.55 Å². The molecule has 1 heterocycles. The number of hydrogen-bond acceptors (Lipinski definition) is 1. The quantitative estimate of drug-likeness (QED) is 0.600. The lowest BCUT2D eigenvalue weighted by molar-refractivity contribution is 0.607. The lowest BCUT2D eigenvalue weighted by Crippen LogP contribution is -2.02. The summed E-state index contributed by atoms with van der Waals surface area (Å²) in [6.45, 7) is 3.06. The summed E-state index contributed by atoms with van der Waals surface area (Å²) in [6.07, 6.45) is 3.42. The van der Waals surface area contributed by atoms with Crippen LogP contribution in [0.2, 0.25) is 0 Å². The minimum absolute atomic E-state index is 0.218. The minimum atomic E-state index is -0.218. The summed E-state index contributed by atoms with van der Waals surface area (Å²) in [7, 11) is 0. The van der Waals surface area contributed by atoms with Crippen molar-refractivity contribution in [1.29, 1.82) is 0 Å². The molecule has 0 saturated carbocycles. The number of aromatic nitrogens is 2. The van der Waals surface area contributed by atoms with Gasteiger partial charge in [0.15, 0.2) is 0 Å². The topological polar surface area (TPSA) is 17.8 Å². The third kappa shape index (κ3) is 2.68. The molecular formula is C18H19FN2. The van der Waals surface area contributed by atoms with Crippen LogP contribution in [-0.4, -0.2) is 9.55 Å². The highest BCUT2D eigenvalue weighted by atomic mass is 19.1. The first kappa shape index (κ1) is 13.8. The van der Waals surface area contributed by atoms with E-state index in [1.165, 1.54) is 18.9 Å². The Hall–Kier alpha value is -2.16. The number of unbranched alkanes of at least 4 members (excludes halogenated alkanes) is 2. The summed E-state index contributed by atoms with van der Waals surface area (Å²) in [5.41, 5.74) is 2.57. The number of hydrogen-bond donors (Lipinski definition) is 0. The van der Waals surface area contributed by atoms with E-state index in [1.54, 1.807) is 12.1 Å². The van der Waals surface area contributed by atoms with E-state index in [9.17, 15) is 4.39 Å². The zero-order valence-electron chi connectivity index (χ0n) is 12.2. The number of fused-ring (bicyclic) bond motifs is 1. The summed E-state index contributed by atoms with van der Waals surface area (Å²) >= 11 is 0. The molecule has 0 fully saturated rings. The van der Waals surface area contributed by atoms with E-state index in [4.69, 9.17) is 0 Å². The van der Waals surface area contributed by atoms with E-state index in [2.05, 4.69) is 22.5 Å². The molecule has 2 aromatic carbocycles. The van der Waals surface area contributed by atoms with Gasteiger partial charge in [0.2, 0.25) is 0 Å². The minimum Gasteiger partial charge on any atom is -0.324 e. The lowest BCUT2D eigenvalue weighted by atomic mass is 10.2. The van der Waals surface area contributed by atoms with Crippen LogP contribution in [0.25, 0.3) is 22.4 Å². The van der Waals surface area contributed by atoms with Crippen molar-refractivity contribution in [3.63, 3.8) is 0 Å². The Balaban J connectivity index is 2.12. The summed E-state index contributed by atoms with van der Waals surface area (Å²) in [4.78, 5) is 4.65. The van der Waals surface area contributed by atoms with E-state index in [-0.39, 0.29) is 5.82 Å². The first-order valence-electron chi connectivity index (χ1n) is 7.51. The Morgan fingerprint density at radius 3 is 2.57 bits per heavy atom. The highest BCUT2D eigenvalue weighted by Crippen LogP contribution is 2.27. The van der Waals surface area contributed by atoms with E-state index in [0.717, 1.165) is 29.8 Å². The molecule has 0 amide bonds. The van der Waals surface area contributed by atoms with Crippen LogP contribution in [0, 0.1) is 5.82 Å². The van der Waals surface area contributed by atoms with Gasteiger partial charge in [0.1, 0.15) is 11.6 Å². The zero-order chi connectivity index (χ0) is 14.7. The number of aryl methyl sites for hydroxylation is 1.